The molecule has 21 heteroatoms. The Labute approximate surface area is 594 Å². The summed E-state index contributed by atoms with van der Waals surface area (Å²) in [5.74, 6) is 0. The summed E-state index contributed by atoms with van der Waals surface area (Å²) >= 11 is 0. The van der Waals surface area contributed by atoms with E-state index >= 15 is 0 Å². The Hall–Kier alpha value is -0.840. The van der Waals surface area contributed by atoms with Crippen molar-refractivity contribution in [3.63, 3.8) is 0 Å². The molecule has 8 rings (SSSR count). The maximum Gasteiger partial charge on any atom is 0.0589 e. The molecule has 0 radical (unpaired) electrons. The number of nitrogens with zero attached hydrogens (tertiary/aromatic N) is 9. The van der Waals surface area contributed by atoms with Crippen LogP contribution in [0.1, 0.15) is 178 Å². The van der Waals surface area contributed by atoms with E-state index in [1.165, 1.54) is 207 Å². The zero-order valence-corrected chi connectivity index (χ0v) is 65.9. The van der Waals surface area contributed by atoms with E-state index in [1.54, 1.807) is 7.11 Å². The molecule has 8 saturated heterocycles. The second kappa shape index (κ2) is 65.0. The lowest BCUT2D eigenvalue weighted by Crippen LogP contribution is -2.39. The van der Waals surface area contributed by atoms with Gasteiger partial charge in [-0.25, -0.2) is 0 Å². The van der Waals surface area contributed by atoms with Crippen molar-refractivity contribution in [3.05, 3.63) is 0 Å². The van der Waals surface area contributed by atoms with Crippen LogP contribution in [0.5, 0.6) is 0 Å². The third kappa shape index (κ3) is 44.0. The fraction of sp³-hybridized carbons (Fsp3) is 1.00. The molecule has 0 aromatic rings. The molecule has 0 aromatic carbocycles. The van der Waals surface area contributed by atoms with E-state index in [1.807, 2.05) is 0 Å². The minimum atomic E-state index is 0.249. The summed E-state index contributed by atoms with van der Waals surface area (Å²) in [4.78, 5) is 22.4. The largest absolute Gasteiger partial charge is 0.395 e. The number of methoxy groups -OCH3 is 1. The van der Waals surface area contributed by atoms with Gasteiger partial charge in [0.05, 0.1) is 26.4 Å². The van der Waals surface area contributed by atoms with Crippen molar-refractivity contribution in [3.8, 4) is 0 Å². The van der Waals surface area contributed by atoms with Crippen molar-refractivity contribution in [2.75, 3.05) is 264 Å². The third-order valence-corrected chi connectivity index (χ3v) is 21.0. The fourth-order valence-corrected chi connectivity index (χ4v) is 15.2. The second-order valence-corrected chi connectivity index (χ2v) is 28.0. The van der Waals surface area contributed by atoms with Crippen LogP contribution >= 0.6 is 0 Å². The van der Waals surface area contributed by atoms with Gasteiger partial charge in [-0.2, -0.15) is 0 Å². The summed E-state index contributed by atoms with van der Waals surface area (Å²) < 4.78 is 5.09. The van der Waals surface area contributed by atoms with Gasteiger partial charge in [0, 0.05) is 134 Å². The van der Waals surface area contributed by atoms with Gasteiger partial charge in [-0.15, -0.1) is 0 Å². The van der Waals surface area contributed by atoms with Crippen LogP contribution in [0.3, 0.4) is 0 Å². The molecular weight excluding hydrogens is 1200 g/mol. The van der Waals surface area contributed by atoms with Gasteiger partial charge in [-0.05, 0) is 261 Å². The van der Waals surface area contributed by atoms with Crippen LogP contribution in [0.25, 0.3) is 0 Å². The number of likely N-dealkylation sites (tertiary alicyclic amines) is 8. The first kappa shape index (κ1) is 93.2. The highest BCUT2D eigenvalue weighted by atomic mass is 16.5. The summed E-state index contributed by atoms with van der Waals surface area (Å²) in [5.41, 5.74) is 0. The van der Waals surface area contributed by atoms with Crippen molar-refractivity contribution in [2.45, 2.75) is 227 Å². The summed E-state index contributed by atoms with van der Waals surface area (Å²) in [6.45, 7) is 59.9. The predicted octanol–water partition coefficient (Wildman–Crippen LogP) is 4.73. The number of nitrogens with one attached hydrogen (secondary N) is 8. The SMILES string of the molecule is CCN1CCCC1CNCCO.CCN1CCC[C@H]1CNCCCN(C)C.CCN1CCC[C@H]1CNCCO.CCNCC1CCCN1C.CCNCC1CCCN1CC.CCNCC1CCCN1CCO.CCNC[C@@H]1CCCN1CC.CCNC[C@@H]1CCCN1CCOC. The average Bonchev–Trinajstić information content (AvgIpc) is 3.44. The molecule has 0 aliphatic carbocycles. The van der Waals surface area contributed by atoms with Gasteiger partial charge in [0.15, 0.2) is 0 Å². The van der Waals surface area contributed by atoms with Crippen LogP contribution in [-0.2, 0) is 4.74 Å². The lowest BCUT2D eigenvalue weighted by Gasteiger charge is -2.24. The minimum absolute atomic E-state index is 0.249. The number of likely N-dealkylation sites (N-methyl/N-ethyl adjacent to an activating group) is 11. The van der Waals surface area contributed by atoms with E-state index in [2.05, 4.69) is 177 Å². The molecule has 0 bridgehead atoms. The molecule has 576 valence electrons. The molecule has 11 N–H and O–H groups in total. The molecule has 8 aliphatic heterocycles. The normalized spacial score (nSPS) is 25.1. The molecule has 4 unspecified atom stereocenters. The standard InChI is InChI=1S/C12H27N3.C10H22N2O.3C9H20N2O.2C9H20N2.C8H18N2/c1-4-15-10-5-7-12(15)11-13-8-6-9-14(2)3;1-3-11-9-10-5-4-6-12(10)7-8-13-2;2*1-2-11-6-3-4-9(11)8-10-5-7-12;1-2-10-8-9-4-3-5-11(9)6-7-12;2*1-3-10-8-9-6-5-7-11(9)4-2;1-3-9-7-8-5-4-6-10(8)2/h12-13H,4-11H2,1-3H3;10-11H,3-9H2,1-2H3;3*9-10,12H,2-8H2,1H3;2*9-10H,3-8H2,1-2H3;8-9H,3-7H2,1-2H3/t12-;10-;9-;;;9-;;/m000..0../s1. The van der Waals surface area contributed by atoms with Crippen LogP contribution in [0.15, 0.2) is 0 Å². The number of β-amino-alcohol motifs (C(OH)–C–C–N with tert-alkyl or cyclic N) is 1. The number of aliphatic hydroxyl groups is 3. The first-order chi connectivity index (χ1) is 46.9. The highest BCUT2D eigenvalue weighted by Gasteiger charge is 2.28. The molecule has 0 saturated carbocycles. The molecule has 8 atom stereocenters. The van der Waals surface area contributed by atoms with Gasteiger partial charge < -0.3 is 72.4 Å². The Morgan fingerprint density at radius 3 is 0.854 bits per heavy atom. The summed E-state index contributed by atoms with van der Waals surface area (Å²) in [6, 6.07) is 6.07. The lowest BCUT2D eigenvalue weighted by molar-refractivity contribution is 0.140. The van der Waals surface area contributed by atoms with Crippen LogP contribution in [-0.4, -0.2) is 372 Å². The van der Waals surface area contributed by atoms with E-state index < -0.39 is 0 Å². The molecule has 8 aliphatic rings. The van der Waals surface area contributed by atoms with E-state index in [9.17, 15) is 0 Å². The zero-order chi connectivity index (χ0) is 70.7. The first-order valence-corrected chi connectivity index (χ1v) is 40.4. The number of aliphatic hydroxyl groups excluding tert-OH is 3. The van der Waals surface area contributed by atoms with Gasteiger partial charge in [-0.1, -0.05) is 69.2 Å². The maximum atomic E-state index is 8.81. The molecule has 96 heavy (non-hydrogen) atoms. The van der Waals surface area contributed by atoms with Gasteiger partial charge in [0.2, 0.25) is 0 Å². The molecule has 8 fully saturated rings. The van der Waals surface area contributed by atoms with Crippen molar-refractivity contribution in [1.82, 2.24) is 86.6 Å². The monoisotopic (exact) mass is 1370 g/mol. The maximum absolute atomic E-state index is 8.81. The Morgan fingerprint density at radius 2 is 0.594 bits per heavy atom. The Kier molecular flexibility index (Phi) is 63.0. The van der Waals surface area contributed by atoms with Crippen molar-refractivity contribution in [1.29, 1.82) is 0 Å². The summed E-state index contributed by atoms with van der Waals surface area (Å²) in [7, 11) is 8.26. The fourth-order valence-electron chi connectivity index (χ4n) is 15.2. The molecule has 0 amide bonds. The molecule has 0 spiro atoms. The Morgan fingerprint density at radius 1 is 0.333 bits per heavy atom. The highest BCUT2D eigenvalue weighted by molar-refractivity contribution is 4.86. The molecular formula is C75H167N17O4. The van der Waals surface area contributed by atoms with Crippen molar-refractivity contribution < 1.29 is 20.1 Å². The van der Waals surface area contributed by atoms with Gasteiger partial charge in [-0.3, -0.25) is 34.3 Å². The number of hydrogen-bond acceptors (Lipinski definition) is 21. The van der Waals surface area contributed by atoms with E-state index in [4.69, 9.17) is 20.1 Å². The van der Waals surface area contributed by atoms with E-state index in [-0.39, 0.29) is 13.2 Å². The second-order valence-electron chi connectivity index (χ2n) is 28.0. The van der Waals surface area contributed by atoms with E-state index in [0.29, 0.717) is 24.7 Å². The van der Waals surface area contributed by atoms with Gasteiger partial charge in [0.25, 0.3) is 0 Å². The number of ether oxygens (including phenoxy) is 1. The topological polar surface area (TPSA) is 195 Å². The first-order valence-electron chi connectivity index (χ1n) is 40.4. The zero-order valence-electron chi connectivity index (χ0n) is 65.9. The van der Waals surface area contributed by atoms with Crippen molar-refractivity contribution >= 4 is 0 Å². The van der Waals surface area contributed by atoms with E-state index in [0.717, 1.165) is 148 Å². The lowest BCUT2D eigenvalue weighted by atomic mass is 10.2. The van der Waals surface area contributed by atoms with Gasteiger partial charge in [0.1, 0.15) is 0 Å². The van der Waals surface area contributed by atoms with Crippen LogP contribution in [0, 0.1) is 0 Å². The summed E-state index contributed by atoms with van der Waals surface area (Å²) in [5, 5.41) is 53.0. The minimum Gasteiger partial charge on any atom is -0.395 e. The van der Waals surface area contributed by atoms with Crippen molar-refractivity contribution in [2.24, 2.45) is 0 Å². The third-order valence-electron chi connectivity index (χ3n) is 21.0. The Bertz CT molecular complexity index is 1560. The number of rotatable bonds is 39. The quantitative estimate of drug-likeness (QED) is 0.0378. The molecule has 21 nitrogen and oxygen atoms in total. The van der Waals surface area contributed by atoms with Gasteiger partial charge >= 0.3 is 0 Å². The molecule has 0 aromatic heterocycles. The highest BCUT2D eigenvalue weighted by Crippen LogP contribution is 2.21. The average molecular weight is 1370 g/mol. The van der Waals surface area contributed by atoms with Crippen LogP contribution in [0.4, 0.5) is 0 Å². The predicted molar refractivity (Wildman–Crippen MR) is 414 cm³/mol. The van der Waals surface area contributed by atoms with Crippen LogP contribution < -0.4 is 42.5 Å². The Balaban J connectivity index is 0.000000550. The molecule has 8 heterocycles. The van der Waals surface area contributed by atoms with Crippen LogP contribution in [0.2, 0.25) is 0 Å². The smallest absolute Gasteiger partial charge is 0.0589 e. The number of hydrogen-bond donors (Lipinski definition) is 11. The summed E-state index contributed by atoms with van der Waals surface area (Å²) in [6.07, 6.45) is 22.9.